The summed E-state index contributed by atoms with van der Waals surface area (Å²) in [4.78, 5) is 34.6. The summed E-state index contributed by atoms with van der Waals surface area (Å²) in [6.45, 7) is 2.24. The molecule has 1 atom stereocenters. The molecule has 2 aromatic rings. The summed E-state index contributed by atoms with van der Waals surface area (Å²) >= 11 is 0. The zero-order valence-corrected chi connectivity index (χ0v) is 12.4. The Kier molecular flexibility index (Phi) is 5.00. The van der Waals surface area contributed by atoms with Crippen molar-refractivity contribution in [1.29, 1.82) is 0 Å². The Morgan fingerprint density at radius 2 is 2.23 bits per heavy atom. The third-order valence-electron chi connectivity index (χ3n) is 3.05. The average molecular weight is 303 g/mol. The fourth-order valence-corrected chi connectivity index (χ4v) is 2.04. The Labute approximate surface area is 127 Å². The molecular formula is C15H17N3O4. The number of aromatic hydroxyl groups is 1. The van der Waals surface area contributed by atoms with Gasteiger partial charge in [0.25, 0.3) is 5.56 Å². The van der Waals surface area contributed by atoms with Crippen LogP contribution >= 0.6 is 0 Å². The highest BCUT2D eigenvalue weighted by Crippen LogP contribution is 2.18. The molecule has 2 rings (SSSR count). The monoisotopic (exact) mass is 303 g/mol. The standard InChI is InChI=1S/C15H17N3O4/c1-9(8-22-2)7-11(19)12-13(20)15(21)18-14(17-12)10-5-3-4-6-16-10/h3-6,9,20H,7-8H2,1-2H3,(H,17,18,21). The second kappa shape index (κ2) is 6.95. The first-order valence-corrected chi connectivity index (χ1v) is 6.79. The zero-order chi connectivity index (χ0) is 16.1. The van der Waals surface area contributed by atoms with Gasteiger partial charge in [0.2, 0.25) is 5.75 Å². The van der Waals surface area contributed by atoms with Gasteiger partial charge >= 0.3 is 0 Å². The van der Waals surface area contributed by atoms with Crippen molar-refractivity contribution >= 4 is 5.78 Å². The molecule has 116 valence electrons. The van der Waals surface area contributed by atoms with E-state index in [2.05, 4.69) is 15.0 Å². The van der Waals surface area contributed by atoms with Crippen LogP contribution in [0.2, 0.25) is 0 Å². The van der Waals surface area contributed by atoms with Crippen molar-refractivity contribution in [2.45, 2.75) is 13.3 Å². The number of carbonyl (C=O) groups is 1. The second-order valence-electron chi connectivity index (χ2n) is 5.01. The molecule has 2 heterocycles. The van der Waals surface area contributed by atoms with E-state index in [0.717, 1.165) is 0 Å². The van der Waals surface area contributed by atoms with Gasteiger partial charge in [-0.3, -0.25) is 14.6 Å². The van der Waals surface area contributed by atoms with Gasteiger partial charge < -0.3 is 14.8 Å². The number of aromatic nitrogens is 3. The van der Waals surface area contributed by atoms with Crippen molar-refractivity contribution in [3.8, 4) is 17.3 Å². The molecule has 0 saturated carbocycles. The number of rotatable bonds is 6. The van der Waals surface area contributed by atoms with Gasteiger partial charge in [-0.05, 0) is 18.1 Å². The Hall–Kier alpha value is -2.54. The van der Waals surface area contributed by atoms with Gasteiger partial charge in [0.05, 0.1) is 0 Å². The predicted octanol–water partition coefficient (Wildman–Crippen LogP) is 1.39. The molecule has 1 unspecified atom stereocenters. The number of carbonyl (C=O) groups excluding carboxylic acids is 1. The number of ether oxygens (including phenoxy) is 1. The molecule has 0 aliphatic rings. The van der Waals surface area contributed by atoms with Crippen LogP contribution in [-0.4, -0.2) is 39.6 Å². The minimum atomic E-state index is -0.765. The first-order chi connectivity index (χ1) is 10.5. The number of H-pyrrole nitrogens is 1. The summed E-state index contributed by atoms with van der Waals surface area (Å²) < 4.78 is 4.97. The fraction of sp³-hybridized carbons (Fsp3) is 0.333. The summed E-state index contributed by atoms with van der Waals surface area (Å²) in [5.74, 6) is -0.984. The second-order valence-corrected chi connectivity index (χ2v) is 5.01. The molecule has 0 fully saturated rings. The van der Waals surface area contributed by atoms with Gasteiger partial charge in [-0.25, -0.2) is 4.98 Å². The van der Waals surface area contributed by atoms with Crippen molar-refractivity contribution in [2.75, 3.05) is 13.7 Å². The van der Waals surface area contributed by atoms with Crippen LogP contribution in [0.3, 0.4) is 0 Å². The van der Waals surface area contributed by atoms with Gasteiger partial charge in [-0.2, -0.15) is 0 Å². The zero-order valence-electron chi connectivity index (χ0n) is 12.4. The van der Waals surface area contributed by atoms with E-state index in [1.807, 2.05) is 6.92 Å². The highest BCUT2D eigenvalue weighted by atomic mass is 16.5. The maximum atomic E-state index is 12.2. The molecule has 0 spiro atoms. The lowest BCUT2D eigenvalue weighted by Gasteiger charge is -2.10. The number of Topliss-reactive ketones (excluding diaryl/α,β-unsaturated/α-hetero) is 1. The molecule has 7 heteroatoms. The number of ketones is 1. The van der Waals surface area contributed by atoms with Gasteiger partial charge in [0.15, 0.2) is 17.3 Å². The molecule has 0 saturated heterocycles. The molecule has 0 aliphatic heterocycles. The van der Waals surface area contributed by atoms with Gasteiger partial charge in [-0.15, -0.1) is 0 Å². The van der Waals surface area contributed by atoms with Crippen LogP contribution in [0.4, 0.5) is 0 Å². The van der Waals surface area contributed by atoms with Crippen molar-refractivity contribution in [3.63, 3.8) is 0 Å². The number of nitrogens with zero attached hydrogens (tertiary/aromatic N) is 2. The average Bonchev–Trinajstić information content (AvgIpc) is 2.50. The van der Waals surface area contributed by atoms with Gasteiger partial charge in [0, 0.05) is 26.3 Å². The van der Waals surface area contributed by atoms with Crippen LogP contribution in [0.15, 0.2) is 29.2 Å². The minimum absolute atomic E-state index is 0.0451. The Balaban J connectivity index is 2.37. The number of aromatic amines is 1. The van der Waals surface area contributed by atoms with Crippen LogP contribution in [0.25, 0.3) is 11.5 Å². The summed E-state index contributed by atoms with van der Waals surface area (Å²) in [6, 6.07) is 5.11. The SMILES string of the molecule is COCC(C)CC(=O)c1nc(-c2ccccn2)[nH]c(=O)c1O. The maximum Gasteiger partial charge on any atom is 0.294 e. The lowest BCUT2D eigenvalue weighted by Crippen LogP contribution is -2.18. The first kappa shape index (κ1) is 15.8. The smallest absolute Gasteiger partial charge is 0.294 e. The van der Waals surface area contributed by atoms with E-state index in [-0.39, 0.29) is 23.9 Å². The van der Waals surface area contributed by atoms with Gasteiger partial charge in [-0.1, -0.05) is 13.0 Å². The van der Waals surface area contributed by atoms with Crippen molar-refractivity contribution in [3.05, 3.63) is 40.4 Å². The lowest BCUT2D eigenvalue weighted by atomic mass is 10.0. The third kappa shape index (κ3) is 3.56. The topological polar surface area (TPSA) is 105 Å². The molecule has 0 radical (unpaired) electrons. The number of hydrogen-bond donors (Lipinski definition) is 2. The lowest BCUT2D eigenvalue weighted by molar-refractivity contribution is 0.0912. The number of pyridine rings is 1. The highest BCUT2D eigenvalue weighted by molar-refractivity contribution is 5.97. The first-order valence-electron chi connectivity index (χ1n) is 6.79. The third-order valence-corrected chi connectivity index (χ3v) is 3.05. The van der Waals surface area contributed by atoms with E-state index in [4.69, 9.17) is 4.74 Å². The van der Waals surface area contributed by atoms with E-state index in [1.165, 1.54) is 0 Å². The Morgan fingerprint density at radius 1 is 1.45 bits per heavy atom. The van der Waals surface area contributed by atoms with Crippen LogP contribution in [-0.2, 0) is 4.74 Å². The van der Waals surface area contributed by atoms with Crippen LogP contribution in [0.1, 0.15) is 23.8 Å². The molecule has 22 heavy (non-hydrogen) atoms. The summed E-state index contributed by atoms with van der Waals surface area (Å²) in [5, 5.41) is 9.80. The van der Waals surface area contributed by atoms with E-state index in [1.54, 1.807) is 31.5 Å². The van der Waals surface area contributed by atoms with Gasteiger partial charge in [0.1, 0.15) is 5.69 Å². The number of nitrogens with one attached hydrogen (secondary N) is 1. The van der Waals surface area contributed by atoms with Crippen molar-refractivity contribution in [2.24, 2.45) is 5.92 Å². The maximum absolute atomic E-state index is 12.2. The van der Waals surface area contributed by atoms with Crippen LogP contribution in [0, 0.1) is 5.92 Å². The van der Waals surface area contributed by atoms with E-state index in [0.29, 0.717) is 12.3 Å². The molecule has 0 bridgehead atoms. The molecule has 2 aromatic heterocycles. The normalized spacial score (nSPS) is 12.1. The minimum Gasteiger partial charge on any atom is -0.501 e. The highest BCUT2D eigenvalue weighted by Gasteiger charge is 2.20. The molecular weight excluding hydrogens is 286 g/mol. The summed E-state index contributed by atoms with van der Waals surface area (Å²) in [7, 11) is 1.54. The van der Waals surface area contributed by atoms with Crippen LogP contribution in [0.5, 0.6) is 5.75 Å². The fourth-order valence-electron chi connectivity index (χ4n) is 2.04. The summed E-state index contributed by atoms with van der Waals surface area (Å²) in [5.41, 5.74) is -0.593. The van der Waals surface area contributed by atoms with Crippen molar-refractivity contribution in [1.82, 2.24) is 15.0 Å². The molecule has 0 amide bonds. The molecule has 0 aliphatic carbocycles. The number of hydrogen-bond acceptors (Lipinski definition) is 6. The predicted molar refractivity (Wildman–Crippen MR) is 79.7 cm³/mol. The molecule has 7 nitrogen and oxygen atoms in total. The van der Waals surface area contributed by atoms with E-state index >= 15 is 0 Å². The number of methoxy groups -OCH3 is 1. The van der Waals surface area contributed by atoms with Crippen molar-refractivity contribution < 1.29 is 14.6 Å². The molecule has 2 N–H and O–H groups in total. The molecule has 0 aromatic carbocycles. The van der Waals surface area contributed by atoms with Crippen LogP contribution < -0.4 is 5.56 Å². The largest absolute Gasteiger partial charge is 0.501 e. The Bertz CT molecular complexity index is 712. The Morgan fingerprint density at radius 3 is 2.86 bits per heavy atom. The van der Waals surface area contributed by atoms with E-state index in [9.17, 15) is 14.7 Å². The quantitative estimate of drug-likeness (QED) is 0.781. The van der Waals surface area contributed by atoms with E-state index < -0.39 is 17.1 Å². The summed E-state index contributed by atoms with van der Waals surface area (Å²) in [6.07, 6.45) is 1.67.